The number of nitrogens with one attached hydrogen (secondary N) is 1. The fourth-order valence-corrected chi connectivity index (χ4v) is 3.44. The minimum Gasteiger partial charge on any atom is -0.427 e. The van der Waals surface area contributed by atoms with Crippen molar-refractivity contribution in [2.24, 2.45) is 0 Å². The molecule has 0 unspecified atom stereocenters. The monoisotopic (exact) mass is 221 g/mol. The summed E-state index contributed by atoms with van der Waals surface area (Å²) in [7, 11) is -4.94. The maximum Gasteiger partial charge on any atom is 0.456 e. The van der Waals surface area contributed by atoms with Gasteiger partial charge < -0.3 is 10.0 Å². The Morgan fingerprint density at radius 1 is 1.36 bits per heavy atom. The van der Waals surface area contributed by atoms with Crippen LogP contribution < -0.4 is 4.72 Å². The van der Waals surface area contributed by atoms with E-state index in [0.717, 1.165) is 0 Å². The third-order valence-electron chi connectivity index (χ3n) is 2.01. The zero-order valence-electron chi connectivity index (χ0n) is 8.56. The molecule has 14 heavy (non-hydrogen) atoms. The third-order valence-corrected chi connectivity index (χ3v) is 4.24. The Morgan fingerprint density at radius 2 is 1.86 bits per heavy atom. The Labute approximate surface area is 84.7 Å². The lowest BCUT2D eigenvalue weighted by molar-refractivity contribution is 0.403. The molecule has 1 rings (SSSR count). The standard InChI is InChI=1S/C7H16BNO4S/c1-7(2,3)9-14(12,13)6-4-5(6)8(10)11/h5-6,9-11H,4H2,1-3H3/t5-,6-/m0/s1. The molecule has 0 spiro atoms. The van der Waals surface area contributed by atoms with Crippen LogP contribution in [-0.4, -0.2) is 36.4 Å². The summed E-state index contributed by atoms with van der Waals surface area (Å²) in [4.78, 5) is 0. The van der Waals surface area contributed by atoms with Gasteiger partial charge in [-0.05, 0) is 27.2 Å². The van der Waals surface area contributed by atoms with Gasteiger partial charge in [0.25, 0.3) is 0 Å². The molecule has 0 aromatic rings. The van der Waals surface area contributed by atoms with Crippen LogP contribution >= 0.6 is 0 Å². The summed E-state index contributed by atoms with van der Waals surface area (Å²) in [6.45, 7) is 5.24. The first kappa shape index (κ1) is 12.0. The first-order valence-corrected chi connectivity index (χ1v) is 6.07. The van der Waals surface area contributed by atoms with E-state index in [1.54, 1.807) is 20.8 Å². The Bertz CT molecular complexity index is 308. The van der Waals surface area contributed by atoms with Crippen LogP contribution in [0, 0.1) is 0 Å². The molecule has 82 valence electrons. The Morgan fingerprint density at radius 3 is 2.14 bits per heavy atom. The lowest BCUT2D eigenvalue weighted by Gasteiger charge is -2.20. The van der Waals surface area contributed by atoms with E-state index in [1.165, 1.54) is 0 Å². The van der Waals surface area contributed by atoms with Crippen molar-refractivity contribution in [3.05, 3.63) is 0 Å². The average Bonchev–Trinajstić information content (AvgIpc) is 2.55. The summed E-state index contributed by atoms with van der Waals surface area (Å²) in [5, 5.41) is 16.9. The number of hydrogen-bond donors (Lipinski definition) is 3. The van der Waals surface area contributed by atoms with Gasteiger partial charge in [-0.2, -0.15) is 0 Å². The molecule has 7 heteroatoms. The van der Waals surface area contributed by atoms with E-state index in [-0.39, 0.29) is 0 Å². The summed E-state index contributed by atoms with van der Waals surface area (Å²) in [6.07, 6.45) is 0.323. The van der Waals surface area contributed by atoms with Crippen LogP contribution in [0.3, 0.4) is 0 Å². The van der Waals surface area contributed by atoms with Crippen LogP contribution in [0.15, 0.2) is 0 Å². The fraction of sp³-hybridized carbons (Fsp3) is 1.00. The summed E-state index contributed by atoms with van der Waals surface area (Å²) in [5.41, 5.74) is -0.521. The van der Waals surface area contributed by atoms with Crippen LogP contribution in [0.5, 0.6) is 0 Å². The first-order chi connectivity index (χ1) is 6.13. The summed E-state index contributed by atoms with van der Waals surface area (Å²) in [6, 6.07) is 0. The zero-order valence-corrected chi connectivity index (χ0v) is 9.37. The molecule has 0 aliphatic heterocycles. The minimum atomic E-state index is -3.41. The van der Waals surface area contributed by atoms with E-state index in [4.69, 9.17) is 10.0 Å². The molecule has 1 aliphatic carbocycles. The summed E-state index contributed by atoms with van der Waals surface area (Å²) in [5.74, 6) is -0.533. The molecule has 5 nitrogen and oxygen atoms in total. The van der Waals surface area contributed by atoms with Gasteiger partial charge in [0.05, 0.1) is 5.25 Å². The van der Waals surface area contributed by atoms with Crippen molar-refractivity contribution < 1.29 is 18.5 Å². The van der Waals surface area contributed by atoms with E-state index in [9.17, 15) is 8.42 Å². The smallest absolute Gasteiger partial charge is 0.427 e. The average molecular weight is 221 g/mol. The molecule has 2 atom stereocenters. The molecule has 1 saturated carbocycles. The zero-order chi connectivity index (χ0) is 11.1. The SMILES string of the molecule is CC(C)(C)NS(=O)(=O)[C@H]1C[C@@H]1B(O)O. The van der Waals surface area contributed by atoms with E-state index < -0.39 is 33.7 Å². The van der Waals surface area contributed by atoms with Crippen LogP contribution in [0.4, 0.5) is 0 Å². The molecule has 0 aromatic carbocycles. The fourth-order valence-electron chi connectivity index (χ4n) is 1.36. The van der Waals surface area contributed by atoms with E-state index in [1.807, 2.05) is 0 Å². The van der Waals surface area contributed by atoms with Gasteiger partial charge in [0, 0.05) is 11.4 Å². The molecule has 0 heterocycles. The Hall–Kier alpha value is -0.105. The Balaban J connectivity index is 2.62. The van der Waals surface area contributed by atoms with Crippen LogP contribution in [-0.2, 0) is 10.0 Å². The van der Waals surface area contributed by atoms with Gasteiger partial charge in [-0.25, -0.2) is 13.1 Å². The normalized spacial score (nSPS) is 27.5. The lowest BCUT2D eigenvalue weighted by atomic mass is 9.84. The number of rotatable bonds is 3. The maximum atomic E-state index is 11.6. The Kier molecular flexibility index (Phi) is 2.98. The predicted octanol–water partition coefficient (Wildman–Crippen LogP) is -0.680. The highest BCUT2D eigenvalue weighted by atomic mass is 32.2. The highest BCUT2D eigenvalue weighted by Crippen LogP contribution is 2.44. The second-order valence-electron chi connectivity index (χ2n) is 4.75. The van der Waals surface area contributed by atoms with Crippen molar-refractivity contribution in [3.8, 4) is 0 Å². The molecule has 0 aromatic heterocycles. The largest absolute Gasteiger partial charge is 0.456 e. The molecular weight excluding hydrogens is 205 g/mol. The highest BCUT2D eigenvalue weighted by Gasteiger charge is 2.53. The molecule has 0 radical (unpaired) electrons. The maximum absolute atomic E-state index is 11.6. The van der Waals surface area contributed by atoms with Crippen molar-refractivity contribution in [1.82, 2.24) is 4.72 Å². The van der Waals surface area contributed by atoms with Crippen molar-refractivity contribution in [1.29, 1.82) is 0 Å². The molecular formula is C7H16BNO4S. The summed E-state index contributed by atoms with van der Waals surface area (Å²) >= 11 is 0. The molecule has 1 fully saturated rings. The quantitative estimate of drug-likeness (QED) is 0.551. The second kappa shape index (κ2) is 3.48. The van der Waals surface area contributed by atoms with Crippen LogP contribution in [0.25, 0.3) is 0 Å². The lowest BCUT2D eigenvalue weighted by Crippen LogP contribution is -2.42. The molecule has 0 saturated heterocycles. The van der Waals surface area contributed by atoms with Gasteiger partial charge in [0.2, 0.25) is 10.0 Å². The van der Waals surface area contributed by atoms with Crippen molar-refractivity contribution >= 4 is 17.1 Å². The van der Waals surface area contributed by atoms with Gasteiger partial charge in [0.1, 0.15) is 0 Å². The van der Waals surface area contributed by atoms with E-state index in [0.29, 0.717) is 6.42 Å². The number of sulfonamides is 1. The van der Waals surface area contributed by atoms with Gasteiger partial charge in [0.15, 0.2) is 0 Å². The topological polar surface area (TPSA) is 86.6 Å². The highest BCUT2D eigenvalue weighted by molar-refractivity contribution is 7.90. The van der Waals surface area contributed by atoms with Gasteiger partial charge >= 0.3 is 7.12 Å². The van der Waals surface area contributed by atoms with Crippen molar-refractivity contribution in [2.45, 2.75) is 43.8 Å². The van der Waals surface area contributed by atoms with E-state index in [2.05, 4.69) is 4.72 Å². The van der Waals surface area contributed by atoms with Crippen LogP contribution in [0.1, 0.15) is 27.2 Å². The third kappa shape index (κ3) is 2.95. The van der Waals surface area contributed by atoms with Gasteiger partial charge in [-0.15, -0.1) is 0 Å². The number of hydrogen-bond acceptors (Lipinski definition) is 4. The van der Waals surface area contributed by atoms with Crippen molar-refractivity contribution in [2.75, 3.05) is 0 Å². The van der Waals surface area contributed by atoms with E-state index >= 15 is 0 Å². The first-order valence-electron chi connectivity index (χ1n) is 4.52. The molecule has 0 amide bonds. The molecule has 3 N–H and O–H groups in total. The second-order valence-corrected chi connectivity index (χ2v) is 6.65. The molecule has 0 bridgehead atoms. The van der Waals surface area contributed by atoms with Gasteiger partial charge in [-0.3, -0.25) is 0 Å². The van der Waals surface area contributed by atoms with Gasteiger partial charge in [-0.1, -0.05) is 0 Å². The predicted molar refractivity (Wildman–Crippen MR) is 54.2 cm³/mol. The van der Waals surface area contributed by atoms with Crippen molar-refractivity contribution in [3.63, 3.8) is 0 Å². The van der Waals surface area contributed by atoms with Crippen LogP contribution in [0.2, 0.25) is 5.82 Å². The molecule has 1 aliphatic rings. The summed E-state index contributed by atoms with van der Waals surface area (Å²) < 4.78 is 25.7. The minimum absolute atomic E-state index is 0.323.